The summed E-state index contributed by atoms with van der Waals surface area (Å²) in [5, 5.41) is 0.876. The lowest BCUT2D eigenvalue weighted by Crippen LogP contribution is -2.50. The van der Waals surface area contributed by atoms with Gasteiger partial charge >= 0.3 is 0 Å². The molecule has 1 aliphatic rings. The Labute approximate surface area is 192 Å². The van der Waals surface area contributed by atoms with Gasteiger partial charge in [-0.3, -0.25) is 4.79 Å². The zero-order valence-corrected chi connectivity index (χ0v) is 19.2. The number of aromatic nitrogens is 1. The number of hydrogen-bond donors (Lipinski definition) is 0. The molecule has 1 saturated heterocycles. The molecule has 0 unspecified atom stereocenters. The number of rotatable bonds is 4. The molecule has 2 aromatic heterocycles. The molecule has 1 fully saturated rings. The third-order valence-corrected chi connectivity index (χ3v) is 9.45. The number of thiazole rings is 1. The Hall–Kier alpha value is -2.66. The number of carbonyl (C=O) groups excluding carboxylic acids is 1. The highest BCUT2D eigenvalue weighted by atomic mass is 32.2. The quantitative estimate of drug-likeness (QED) is 0.430. The number of thiophene rings is 1. The highest BCUT2D eigenvalue weighted by molar-refractivity contribution is 7.89. The average Bonchev–Trinajstić information content (AvgIpc) is 3.46. The third kappa shape index (κ3) is 3.95. The third-order valence-electron chi connectivity index (χ3n) is 5.28. The van der Waals surface area contributed by atoms with Crippen LogP contribution in [0.4, 0.5) is 4.39 Å². The van der Waals surface area contributed by atoms with Crippen molar-refractivity contribution in [1.29, 1.82) is 0 Å². The summed E-state index contributed by atoms with van der Waals surface area (Å²) in [6, 6.07) is 16.6. The lowest BCUT2D eigenvalue weighted by atomic mass is 10.3. The number of para-hydroxylation sites is 1. The van der Waals surface area contributed by atoms with E-state index in [-0.39, 0.29) is 37.0 Å². The summed E-state index contributed by atoms with van der Waals surface area (Å²) in [6.45, 7) is 0.894. The van der Waals surface area contributed by atoms with Crippen LogP contribution in [0.2, 0.25) is 0 Å². The van der Waals surface area contributed by atoms with Crippen molar-refractivity contribution in [2.75, 3.05) is 26.2 Å². The highest BCUT2D eigenvalue weighted by Gasteiger charge is 2.31. The molecule has 1 aliphatic heterocycles. The molecule has 1 amide bonds. The van der Waals surface area contributed by atoms with Gasteiger partial charge in [-0.25, -0.2) is 17.8 Å². The van der Waals surface area contributed by atoms with Gasteiger partial charge in [0.15, 0.2) is 0 Å². The van der Waals surface area contributed by atoms with Crippen LogP contribution in [-0.2, 0) is 10.0 Å². The lowest BCUT2D eigenvalue weighted by molar-refractivity contribution is 0.0703. The van der Waals surface area contributed by atoms with Crippen molar-refractivity contribution in [3.63, 3.8) is 0 Å². The number of nitrogens with zero attached hydrogens (tertiary/aromatic N) is 3. The molecule has 4 aromatic rings. The first-order chi connectivity index (χ1) is 15.4. The second-order valence-corrected chi connectivity index (χ2v) is 11.4. The monoisotopic (exact) mass is 487 g/mol. The lowest BCUT2D eigenvalue weighted by Gasteiger charge is -2.33. The number of carbonyl (C=O) groups is 1. The van der Waals surface area contributed by atoms with Crippen LogP contribution in [0.15, 0.2) is 65.6 Å². The Morgan fingerprint density at radius 2 is 1.72 bits per heavy atom. The maximum Gasteiger partial charge on any atom is 0.264 e. The number of halogens is 1. The van der Waals surface area contributed by atoms with Crippen LogP contribution < -0.4 is 0 Å². The fourth-order valence-electron chi connectivity index (χ4n) is 3.61. The van der Waals surface area contributed by atoms with E-state index in [9.17, 15) is 17.6 Å². The summed E-state index contributed by atoms with van der Waals surface area (Å²) in [6.07, 6.45) is 0. The first-order valence-electron chi connectivity index (χ1n) is 9.92. The molecule has 0 radical (unpaired) electrons. The fraction of sp³-hybridized carbons (Fsp3) is 0.182. The van der Waals surface area contributed by atoms with Gasteiger partial charge in [-0.05, 0) is 42.5 Å². The number of piperazine rings is 1. The van der Waals surface area contributed by atoms with E-state index in [1.165, 1.54) is 33.8 Å². The van der Waals surface area contributed by atoms with Gasteiger partial charge in [-0.1, -0.05) is 18.2 Å². The predicted octanol–water partition coefficient (Wildman–Crippen LogP) is 4.31. The Bertz CT molecular complexity index is 1370. The van der Waals surface area contributed by atoms with E-state index in [1.54, 1.807) is 22.3 Å². The van der Waals surface area contributed by atoms with Gasteiger partial charge in [0.2, 0.25) is 10.0 Å². The Morgan fingerprint density at radius 1 is 0.938 bits per heavy atom. The normalized spacial score (nSPS) is 15.3. The molecule has 32 heavy (non-hydrogen) atoms. The van der Waals surface area contributed by atoms with Crippen molar-refractivity contribution < 1.29 is 17.6 Å². The molecule has 0 bridgehead atoms. The molecular weight excluding hydrogens is 469 g/mol. The first kappa shape index (κ1) is 21.2. The molecule has 5 rings (SSSR count). The molecule has 3 heterocycles. The second kappa shape index (κ2) is 8.36. The van der Waals surface area contributed by atoms with Gasteiger partial charge in [0.05, 0.1) is 24.9 Å². The number of benzene rings is 2. The average molecular weight is 488 g/mol. The maximum absolute atomic E-state index is 13.5. The molecule has 2 aromatic carbocycles. The molecule has 164 valence electrons. The minimum atomic E-state index is -3.79. The standard InChI is InChI=1S/C22H18FN3O3S3/c23-15-4-3-5-16(14-15)32(28,29)26-12-10-25(11-13-26)22(27)20-9-8-19(30-20)21-24-17-6-1-2-7-18(17)31-21/h1-9,14H,10-13H2. The van der Waals surface area contributed by atoms with Crippen molar-refractivity contribution in [1.82, 2.24) is 14.2 Å². The van der Waals surface area contributed by atoms with Crippen LogP contribution in [-0.4, -0.2) is 54.7 Å². The molecule has 0 aliphatic carbocycles. The van der Waals surface area contributed by atoms with Crippen LogP contribution in [0.1, 0.15) is 9.67 Å². The smallest absolute Gasteiger partial charge is 0.264 e. The Balaban J connectivity index is 1.28. The molecule has 6 nitrogen and oxygen atoms in total. The van der Waals surface area contributed by atoms with Crippen LogP contribution >= 0.6 is 22.7 Å². The van der Waals surface area contributed by atoms with Crippen LogP contribution in [0.25, 0.3) is 20.1 Å². The van der Waals surface area contributed by atoms with E-state index in [2.05, 4.69) is 4.98 Å². The van der Waals surface area contributed by atoms with E-state index < -0.39 is 15.8 Å². The van der Waals surface area contributed by atoms with E-state index in [0.717, 1.165) is 26.2 Å². The zero-order valence-electron chi connectivity index (χ0n) is 16.8. The van der Waals surface area contributed by atoms with E-state index in [0.29, 0.717) is 4.88 Å². The van der Waals surface area contributed by atoms with E-state index in [4.69, 9.17) is 0 Å². The van der Waals surface area contributed by atoms with Crippen LogP contribution in [0, 0.1) is 5.82 Å². The van der Waals surface area contributed by atoms with Crippen molar-refractivity contribution >= 4 is 48.8 Å². The van der Waals surface area contributed by atoms with Crippen molar-refractivity contribution in [2.45, 2.75) is 4.90 Å². The van der Waals surface area contributed by atoms with Gasteiger partial charge in [-0.15, -0.1) is 22.7 Å². The van der Waals surface area contributed by atoms with E-state index in [1.807, 2.05) is 30.3 Å². The van der Waals surface area contributed by atoms with Crippen LogP contribution in [0.5, 0.6) is 0 Å². The minimum Gasteiger partial charge on any atom is -0.335 e. The summed E-state index contributed by atoms with van der Waals surface area (Å²) >= 11 is 2.98. The fourth-order valence-corrected chi connectivity index (χ4v) is 7.06. The SMILES string of the molecule is O=C(c1ccc(-c2nc3ccccc3s2)s1)N1CCN(S(=O)(=O)c2cccc(F)c2)CC1. The molecular formula is C22H18FN3O3S3. The van der Waals surface area contributed by atoms with Crippen molar-refractivity contribution in [3.8, 4) is 9.88 Å². The topological polar surface area (TPSA) is 70.6 Å². The van der Waals surface area contributed by atoms with Gasteiger partial charge in [0.1, 0.15) is 10.8 Å². The number of fused-ring (bicyclic) bond motifs is 1. The van der Waals surface area contributed by atoms with Crippen LogP contribution in [0.3, 0.4) is 0 Å². The largest absolute Gasteiger partial charge is 0.335 e. The summed E-state index contributed by atoms with van der Waals surface area (Å²) in [5.74, 6) is -0.716. The van der Waals surface area contributed by atoms with E-state index >= 15 is 0 Å². The number of sulfonamides is 1. The predicted molar refractivity (Wildman–Crippen MR) is 124 cm³/mol. The minimum absolute atomic E-state index is 0.0731. The first-order valence-corrected chi connectivity index (χ1v) is 13.0. The molecule has 0 saturated carbocycles. The molecule has 10 heteroatoms. The van der Waals surface area contributed by atoms with Crippen molar-refractivity contribution in [3.05, 3.63) is 71.4 Å². The molecule has 0 spiro atoms. The van der Waals surface area contributed by atoms with Gasteiger partial charge < -0.3 is 4.90 Å². The number of hydrogen-bond acceptors (Lipinski definition) is 6. The van der Waals surface area contributed by atoms with Crippen molar-refractivity contribution in [2.24, 2.45) is 0 Å². The summed E-state index contributed by atoms with van der Waals surface area (Å²) in [7, 11) is -3.79. The summed E-state index contributed by atoms with van der Waals surface area (Å²) < 4.78 is 41.4. The summed E-state index contributed by atoms with van der Waals surface area (Å²) in [4.78, 5) is 20.7. The Kier molecular flexibility index (Phi) is 5.54. The molecule has 0 atom stereocenters. The van der Waals surface area contributed by atoms with Gasteiger partial charge in [-0.2, -0.15) is 4.31 Å². The second-order valence-electron chi connectivity index (χ2n) is 7.30. The van der Waals surface area contributed by atoms with Gasteiger partial charge in [0, 0.05) is 26.2 Å². The molecule has 0 N–H and O–H groups in total. The summed E-state index contributed by atoms with van der Waals surface area (Å²) in [5.41, 5.74) is 0.935. The Morgan fingerprint density at radius 3 is 2.47 bits per heavy atom. The highest BCUT2D eigenvalue weighted by Crippen LogP contribution is 2.35. The zero-order chi connectivity index (χ0) is 22.3. The number of amides is 1. The maximum atomic E-state index is 13.5. The van der Waals surface area contributed by atoms with Gasteiger partial charge in [0.25, 0.3) is 5.91 Å².